The first-order valence-electron chi connectivity index (χ1n) is 10.2. The molecular formula is C24H23N3O4S2. The molecule has 0 saturated heterocycles. The molecule has 170 valence electrons. The molecule has 4 rings (SSSR count). The van der Waals surface area contributed by atoms with Crippen LogP contribution in [0.5, 0.6) is 11.5 Å². The Morgan fingerprint density at radius 2 is 1.94 bits per heavy atom. The fourth-order valence-corrected chi connectivity index (χ4v) is 4.96. The highest BCUT2D eigenvalue weighted by molar-refractivity contribution is 7.99. The first-order valence-corrected chi connectivity index (χ1v) is 12.0. The van der Waals surface area contributed by atoms with Crippen LogP contribution in [0.25, 0.3) is 15.9 Å². The number of aryl methyl sites for hydroxylation is 1. The third-order valence-electron chi connectivity index (χ3n) is 4.98. The van der Waals surface area contributed by atoms with Crippen molar-refractivity contribution in [3.8, 4) is 17.2 Å². The summed E-state index contributed by atoms with van der Waals surface area (Å²) < 4.78 is 12.7. The lowest BCUT2D eigenvalue weighted by Gasteiger charge is -2.13. The van der Waals surface area contributed by atoms with Gasteiger partial charge >= 0.3 is 0 Å². The molecule has 2 heterocycles. The third kappa shape index (κ3) is 5.04. The number of thiophene rings is 1. The van der Waals surface area contributed by atoms with Gasteiger partial charge < -0.3 is 14.8 Å². The SMILES string of the molecule is COc1ccc(CNC(=O)CSc2nc3ccsc3c(=O)n2-c2cccc(C)c2)cc1OC. The van der Waals surface area contributed by atoms with E-state index in [1.165, 1.54) is 23.1 Å². The van der Waals surface area contributed by atoms with Gasteiger partial charge in [0.1, 0.15) is 4.70 Å². The number of rotatable bonds is 8. The second kappa shape index (κ2) is 10.1. The van der Waals surface area contributed by atoms with Crippen LogP contribution in [-0.4, -0.2) is 35.4 Å². The Balaban J connectivity index is 1.51. The molecule has 0 unspecified atom stereocenters. The molecule has 0 bridgehead atoms. The summed E-state index contributed by atoms with van der Waals surface area (Å²) >= 11 is 2.60. The number of benzene rings is 2. The summed E-state index contributed by atoms with van der Waals surface area (Å²) in [6.45, 7) is 2.32. The normalized spacial score (nSPS) is 10.9. The molecule has 1 N–H and O–H groups in total. The Morgan fingerprint density at radius 3 is 2.70 bits per heavy atom. The van der Waals surface area contributed by atoms with Gasteiger partial charge in [0.15, 0.2) is 16.7 Å². The van der Waals surface area contributed by atoms with Crippen molar-refractivity contribution in [3.63, 3.8) is 0 Å². The van der Waals surface area contributed by atoms with Crippen molar-refractivity contribution in [2.24, 2.45) is 0 Å². The molecular weight excluding hydrogens is 458 g/mol. The Labute approximate surface area is 199 Å². The van der Waals surface area contributed by atoms with E-state index in [1.54, 1.807) is 24.9 Å². The predicted molar refractivity (Wildman–Crippen MR) is 132 cm³/mol. The average molecular weight is 482 g/mol. The number of methoxy groups -OCH3 is 2. The van der Waals surface area contributed by atoms with Crippen LogP contribution >= 0.6 is 23.1 Å². The lowest BCUT2D eigenvalue weighted by molar-refractivity contribution is -0.118. The minimum absolute atomic E-state index is 0.126. The first kappa shape index (κ1) is 22.9. The van der Waals surface area contributed by atoms with Gasteiger partial charge in [-0.25, -0.2) is 4.98 Å². The van der Waals surface area contributed by atoms with Crippen LogP contribution in [-0.2, 0) is 11.3 Å². The molecule has 0 aliphatic rings. The van der Waals surface area contributed by atoms with E-state index in [9.17, 15) is 9.59 Å². The second-order valence-electron chi connectivity index (χ2n) is 7.26. The molecule has 0 fully saturated rings. The maximum Gasteiger partial charge on any atom is 0.276 e. The molecule has 0 saturated carbocycles. The van der Waals surface area contributed by atoms with Crippen LogP contribution in [0.4, 0.5) is 0 Å². The van der Waals surface area contributed by atoms with Crippen LogP contribution in [0.3, 0.4) is 0 Å². The number of carbonyl (C=O) groups excluding carboxylic acids is 1. The highest BCUT2D eigenvalue weighted by atomic mass is 32.2. The van der Waals surface area contributed by atoms with Gasteiger partial charge in [-0.1, -0.05) is 30.0 Å². The van der Waals surface area contributed by atoms with Gasteiger partial charge in [0.05, 0.1) is 31.2 Å². The van der Waals surface area contributed by atoms with Crippen molar-refractivity contribution in [2.45, 2.75) is 18.6 Å². The van der Waals surface area contributed by atoms with Crippen molar-refractivity contribution in [3.05, 3.63) is 75.4 Å². The number of ether oxygens (including phenoxy) is 2. The van der Waals surface area contributed by atoms with Crippen LogP contribution in [0.1, 0.15) is 11.1 Å². The topological polar surface area (TPSA) is 82.5 Å². The monoisotopic (exact) mass is 481 g/mol. The summed E-state index contributed by atoms with van der Waals surface area (Å²) in [4.78, 5) is 30.4. The summed E-state index contributed by atoms with van der Waals surface area (Å²) in [7, 11) is 3.15. The van der Waals surface area contributed by atoms with Gasteiger partial charge in [-0.2, -0.15) is 0 Å². The van der Waals surface area contributed by atoms with Crippen LogP contribution in [0.15, 0.2) is 63.9 Å². The minimum atomic E-state index is -0.162. The maximum atomic E-state index is 13.2. The zero-order valence-corrected chi connectivity index (χ0v) is 20.1. The summed E-state index contributed by atoms with van der Waals surface area (Å²) in [6, 6.07) is 15.0. The Morgan fingerprint density at radius 1 is 1.12 bits per heavy atom. The molecule has 2 aromatic heterocycles. The van der Waals surface area contributed by atoms with Gasteiger partial charge in [-0.05, 0) is 53.8 Å². The fraction of sp³-hybridized carbons (Fsp3) is 0.208. The average Bonchev–Trinajstić information content (AvgIpc) is 3.30. The van der Waals surface area contributed by atoms with Crippen LogP contribution in [0, 0.1) is 6.92 Å². The zero-order valence-electron chi connectivity index (χ0n) is 18.5. The van der Waals surface area contributed by atoms with E-state index in [0.717, 1.165) is 16.8 Å². The quantitative estimate of drug-likeness (QED) is 0.300. The van der Waals surface area contributed by atoms with Crippen LogP contribution in [0.2, 0.25) is 0 Å². The molecule has 4 aromatic rings. The van der Waals surface area contributed by atoms with Crippen molar-refractivity contribution in [2.75, 3.05) is 20.0 Å². The van der Waals surface area contributed by atoms with E-state index in [-0.39, 0.29) is 17.2 Å². The van der Waals surface area contributed by atoms with Gasteiger partial charge in [0.2, 0.25) is 5.91 Å². The van der Waals surface area contributed by atoms with E-state index in [1.807, 2.05) is 54.8 Å². The number of nitrogens with one attached hydrogen (secondary N) is 1. The molecule has 0 aliphatic carbocycles. The van der Waals surface area contributed by atoms with Crippen molar-refractivity contribution >= 4 is 39.2 Å². The number of fused-ring (bicyclic) bond motifs is 1. The molecule has 1 amide bonds. The molecule has 7 nitrogen and oxygen atoms in total. The number of amides is 1. The Kier molecular flexibility index (Phi) is 7.00. The summed E-state index contributed by atoms with van der Waals surface area (Å²) in [5, 5.41) is 5.24. The molecule has 0 aliphatic heterocycles. The molecule has 0 atom stereocenters. The van der Waals surface area contributed by atoms with Crippen molar-refractivity contribution in [1.82, 2.24) is 14.9 Å². The molecule has 2 aromatic carbocycles. The predicted octanol–water partition coefficient (Wildman–Crippen LogP) is 4.18. The highest BCUT2D eigenvalue weighted by Gasteiger charge is 2.16. The number of hydrogen-bond donors (Lipinski definition) is 1. The van der Waals surface area contributed by atoms with E-state index >= 15 is 0 Å². The standard InChI is InChI=1S/C24H23N3O4S2/c1-15-5-4-6-17(11-15)27-23(29)22-18(9-10-32-22)26-24(27)33-14-21(28)25-13-16-7-8-19(30-2)20(12-16)31-3/h4-12H,13-14H2,1-3H3,(H,25,28). The van der Waals surface area contributed by atoms with Gasteiger partial charge in [-0.15, -0.1) is 11.3 Å². The van der Waals surface area contributed by atoms with E-state index in [0.29, 0.717) is 33.4 Å². The number of carbonyl (C=O) groups is 1. The molecule has 0 spiro atoms. The highest BCUT2D eigenvalue weighted by Crippen LogP contribution is 2.27. The van der Waals surface area contributed by atoms with Gasteiger partial charge in [0, 0.05) is 6.54 Å². The lowest BCUT2D eigenvalue weighted by Crippen LogP contribution is -2.26. The Hall–Kier alpha value is -3.30. The largest absolute Gasteiger partial charge is 0.493 e. The third-order valence-corrected chi connectivity index (χ3v) is 6.81. The smallest absolute Gasteiger partial charge is 0.276 e. The number of thioether (sulfide) groups is 1. The Bertz CT molecular complexity index is 1360. The van der Waals surface area contributed by atoms with Gasteiger partial charge in [-0.3, -0.25) is 14.2 Å². The molecule has 33 heavy (non-hydrogen) atoms. The summed E-state index contributed by atoms with van der Waals surface area (Å²) in [6.07, 6.45) is 0. The zero-order chi connectivity index (χ0) is 23.4. The van der Waals surface area contributed by atoms with Crippen molar-refractivity contribution < 1.29 is 14.3 Å². The minimum Gasteiger partial charge on any atom is -0.493 e. The lowest BCUT2D eigenvalue weighted by atomic mass is 10.2. The number of aromatic nitrogens is 2. The van der Waals surface area contributed by atoms with E-state index in [4.69, 9.17) is 9.47 Å². The van der Waals surface area contributed by atoms with E-state index < -0.39 is 0 Å². The number of nitrogens with zero attached hydrogens (tertiary/aromatic N) is 2. The van der Waals surface area contributed by atoms with Gasteiger partial charge in [0.25, 0.3) is 5.56 Å². The summed E-state index contributed by atoms with van der Waals surface area (Å²) in [5.74, 6) is 1.20. The fourth-order valence-electron chi connectivity index (χ4n) is 3.36. The van der Waals surface area contributed by atoms with E-state index in [2.05, 4.69) is 10.3 Å². The summed E-state index contributed by atoms with van der Waals surface area (Å²) in [5.41, 5.74) is 3.17. The second-order valence-corrected chi connectivity index (χ2v) is 9.12. The molecule has 9 heteroatoms. The van der Waals surface area contributed by atoms with Crippen molar-refractivity contribution in [1.29, 1.82) is 0 Å². The number of hydrogen-bond acceptors (Lipinski definition) is 7. The maximum absolute atomic E-state index is 13.2. The first-order chi connectivity index (χ1) is 16.0. The van der Waals surface area contributed by atoms with Crippen LogP contribution < -0.4 is 20.3 Å². The molecule has 0 radical (unpaired) electrons.